The number of benzene rings is 2. The Hall–Kier alpha value is -4.43. The third-order valence-corrected chi connectivity index (χ3v) is 6.61. The molecule has 0 saturated heterocycles. The summed E-state index contributed by atoms with van der Waals surface area (Å²) < 4.78 is 13.6. The monoisotopic (exact) mass is 678 g/mol. The van der Waals surface area contributed by atoms with Crippen LogP contribution in [0.4, 0.5) is 5.69 Å². The highest BCUT2D eigenvalue weighted by atomic mass is 16.5. The van der Waals surface area contributed by atoms with Crippen molar-refractivity contribution in [1.82, 2.24) is 4.57 Å². The Morgan fingerprint density at radius 2 is 1.51 bits per heavy atom. The zero-order valence-corrected chi connectivity index (χ0v) is 32.7. The Balaban J connectivity index is -0.00000120. The van der Waals surface area contributed by atoms with Crippen LogP contribution in [0.1, 0.15) is 106 Å². The van der Waals surface area contributed by atoms with E-state index in [4.69, 9.17) is 19.3 Å². The number of hydrogen-bond acceptors (Lipinski definition) is 6. The zero-order valence-electron chi connectivity index (χ0n) is 32.7. The van der Waals surface area contributed by atoms with Gasteiger partial charge in [0.05, 0.1) is 25.1 Å². The summed E-state index contributed by atoms with van der Waals surface area (Å²) in [4.78, 5) is 18.0. The number of hydrogen-bond donors (Lipinski definition) is 2. The minimum atomic E-state index is 0.250. The maximum atomic E-state index is 8.58. The summed E-state index contributed by atoms with van der Waals surface area (Å²) in [7, 11) is 5.17. The number of ether oxygens (including phenoxy) is 2. The van der Waals surface area contributed by atoms with E-state index in [0.29, 0.717) is 18.0 Å². The smallest absolute Gasteiger partial charge is 0.204 e. The van der Waals surface area contributed by atoms with Gasteiger partial charge in [-0.1, -0.05) is 111 Å². The summed E-state index contributed by atoms with van der Waals surface area (Å²) in [6.07, 6.45) is 14.2. The number of rotatable bonds is 12. The molecule has 274 valence electrons. The average Bonchev–Trinajstić information content (AvgIpc) is 3.48. The summed E-state index contributed by atoms with van der Waals surface area (Å²) in [5.41, 5.74) is 14.9. The maximum Gasteiger partial charge on any atom is 0.204 e. The van der Waals surface area contributed by atoms with E-state index in [1.807, 2.05) is 71.2 Å². The number of unbranched alkanes of at least 4 members (excludes halogenated alkanes) is 2. The van der Waals surface area contributed by atoms with Gasteiger partial charge in [-0.25, -0.2) is 4.99 Å². The first-order valence-corrected chi connectivity index (χ1v) is 17.4. The fourth-order valence-electron chi connectivity index (χ4n) is 3.90. The number of aryl methyl sites for hydroxylation is 1. The lowest BCUT2D eigenvalue weighted by Gasteiger charge is -2.14. The van der Waals surface area contributed by atoms with E-state index in [1.54, 1.807) is 13.2 Å². The highest BCUT2D eigenvalue weighted by Crippen LogP contribution is 2.37. The number of aromatic nitrogens is 1. The van der Waals surface area contributed by atoms with E-state index in [2.05, 4.69) is 87.3 Å². The third kappa shape index (κ3) is 17.5. The number of fused-ring (bicyclic) bond motifs is 1. The van der Waals surface area contributed by atoms with Crippen molar-refractivity contribution < 1.29 is 14.3 Å². The number of methoxy groups -OCH3 is 1. The van der Waals surface area contributed by atoms with Gasteiger partial charge in [0.1, 0.15) is 17.2 Å². The molecule has 1 aromatic heterocycles. The summed E-state index contributed by atoms with van der Waals surface area (Å²) in [5, 5.41) is 1.12. The minimum Gasteiger partial charge on any atom is -0.494 e. The summed E-state index contributed by atoms with van der Waals surface area (Å²) in [5.74, 6) is 1.36. The number of aliphatic imine (C=N–C) groups is 2. The van der Waals surface area contributed by atoms with Crippen molar-refractivity contribution in [2.45, 2.75) is 94.4 Å². The average molecular weight is 678 g/mol. The van der Waals surface area contributed by atoms with Crippen LogP contribution in [0.3, 0.4) is 0 Å². The molecule has 0 spiro atoms. The maximum absolute atomic E-state index is 8.58. The van der Waals surface area contributed by atoms with Gasteiger partial charge in [0.2, 0.25) is 6.41 Å². The first-order chi connectivity index (χ1) is 23.7. The molecule has 0 aliphatic carbocycles. The fourth-order valence-corrected chi connectivity index (χ4v) is 3.90. The zero-order chi connectivity index (χ0) is 38.2. The minimum absolute atomic E-state index is 0.250. The quantitative estimate of drug-likeness (QED) is 0.146. The Morgan fingerprint density at radius 3 is 1.96 bits per heavy atom. The molecule has 49 heavy (non-hydrogen) atoms. The Bertz CT molecular complexity index is 1410. The van der Waals surface area contributed by atoms with Crippen LogP contribution in [-0.4, -0.2) is 44.2 Å². The number of allylic oxidation sites excluding steroid dienone is 3. The number of carbonyl (C=O) groups excluding carboxylic acids is 1. The van der Waals surface area contributed by atoms with Gasteiger partial charge in [-0.2, -0.15) is 0 Å². The van der Waals surface area contributed by atoms with Gasteiger partial charge in [-0.3, -0.25) is 9.79 Å². The third-order valence-electron chi connectivity index (χ3n) is 6.61. The van der Waals surface area contributed by atoms with Crippen LogP contribution in [0.15, 0.2) is 76.9 Å². The van der Waals surface area contributed by atoms with Crippen molar-refractivity contribution in [2.75, 3.05) is 20.8 Å². The molecule has 0 atom stereocenters. The van der Waals surface area contributed by atoms with Gasteiger partial charge in [0, 0.05) is 46.9 Å². The predicted molar refractivity (Wildman–Crippen MR) is 219 cm³/mol. The molecule has 0 saturated carbocycles. The van der Waals surface area contributed by atoms with Gasteiger partial charge < -0.3 is 25.5 Å². The lowest BCUT2D eigenvalue weighted by molar-refractivity contribution is -0.106. The standard InChI is InChI=1S/C29H33N3O2.2C4H10.C2H6.CH3NO.CH5N/c1-8-13-24(31-25-17-21(10-3)27(34-16-9-2)18-28(25)33-7)20(4)29(30-5)23-19-32(6)26-15-12-11-14-22(23)26;2*1-3-4-2;1-2;2-1-3;1-2/h8,10-15,17-19H,3,5,9,16H2,1-2,4,6-7H3;2*3-4H2,1-2H3;1-2H3;1H,(H2,2,3);2H2,1H3/b13-8-,29-20-,31-24?;;;;;. The molecule has 0 bridgehead atoms. The second-order valence-electron chi connectivity index (χ2n) is 10.1. The van der Waals surface area contributed by atoms with Gasteiger partial charge in [0.25, 0.3) is 0 Å². The van der Waals surface area contributed by atoms with Crippen LogP contribution in [0.2, 0.25) is 0 Å². The first kappa shape index (κ1) is 49.0. The molecular weight excluding hydrogens is 610 g/mol. The van der Waals surface area contributed by atoms with Crippen molar-refractivity contribution in [3.8, 4) is 11.5 Å². The van der Waals surface area contributed by atoms with Crippen LogP contribution in [0.5, 0.6) is 11.5 Å². The van der Waals surface area contributed by atoms with Crippen LogP contribution >= 0.6 is 0 Å². The van der Waals surface area contributed by atoms with Crippen LogP contribution in [-0.2, 0) is 11.8 Å². The second-order valence-corrected chi connectivity index (χ2v) is 10.1. The van der Waals surface area contributed by atoms with Crippen LogP contribution < -0.4 is 20.9 Å². The van der Waals surface area contributed by atoms with E-state index in [1.165, 1.54) is 32.7 Å². The van der Waals surface area contributed by atoms with Gasteiger partial charge in [-0.05, 0) is 52.2 Å². The fraction of sp³-hybridized carbons (Fsp3) is 0.439. The summed E-state index contributed by atoms with van der Waals surface area (Å²) in [6, 6.07) is 12.1. The second kappa shape index (κ2) is 32.1. The highest BCUT2D eigenvalue weighted by molar-refractivity contribution is 6.15. The predicted octanol–water partition coefficient (Wildman–Crippen LogP) is 10.7. The number of para-hydroxylation sites is 1. The van der Waals surface area contributed by atoms with E-state index in [9.17, 15) is 0 Å². The molecule has 2 aromatic carbocycles. The number of nitrogens with two attached hydrogens (primary N) is 2. The highest BCUT2D eigenvalue weighted by Gasteiger charge is 2.16. The SMILES string of the molecule is C=Cc1cc(N=C(/C=C\C)/C(C)=C(\N=C)c2cn(C)c3ccccc23)c(OC)cc1OCCC.CC.CCCC.CCCC.CN.NC=O. The topological polar surface area (TPSA) is 117 Å². The lowest BCUT2D eigenvalue weighted by atomic mass is 10.0. The van der Waals surface area contributed by atoms with Crippen LogP contribution in [0, 0.1) is 0 Å². The number of nitrogens with zero attached hydrogens (tertiary/aromatic N) is 3. The van der Waals surface area contributed by atoms with Crippen molar-refractivity contribution >= 4 is 47.2 Å². The largest absolute Gasteiger partial charge is 0.494 e. The van der Waals surface area contributed by atoms with E-state index >= 15 is 0 Å². The number of amides is 1. The first-order valence-electron chi connectivity index (χ1n) is 17.4. The molecule has 0 radical (unpaired) electrons. The molecule has 0 aliphatic heterocycles. The Labute approximate surface area is 298 Å². The molecule has 0 unspecified atom stereocenters. The lowest BCUT2D eigenvalue weighted by Crippen LogP contribution is -2.01. The van der Waals surface area contributed by atoms with E-state index in [-0.39, 0.29) is 6.41 Å². The molecule has 3 aromatic rings. The van der Waals surface area contributed by atoms with E-state index in [0.717, 1.165) is 51.2 Å². The molecule has 4 N–H and O–H groups in total. The summed E-state index contributed by atoms with van der Waals surface area (Å²) >= 11 is 0. The molecule has 8 nitrogen and oxygen atoms in total. The van der Waals surface area contributed by atoms with Crippen molar-refractivity contribution in [3.05, 3.63) is 78.0 Å². The Morgan fingerprint density at radius 1 is 0.959 bits per heavy atom. The molecule has 8 heteroatoms. The van der Waals surface area contributed by atoms with Gasteiger partial charge >= 0.3 is 0 Å². The van der Waals surface area contributed by atoms with Crippen molar-refractivity contribution in [1.29, 1.82) is 0 Å². The number of primary amides is 1. The number of carbonyl (C=O) groups is 1. The summed E-state index contributed by atoms with van der Waals surface area (Å²) in [6.45, 7) is 27.2. The molecular formula is C41H67N5O3. The van der Waals surface area contributed by atoms with Crippen molar-refractivity contribution in [3.63, 3.8) is 0 Å². The molecule has 1 amide bonds. The molecule has 1 heterocycles. The van der Waals surface area contributed by atoms with E-state index < -0.39 is 0 Å². The van der Waals surface area contributed by atoms with Crippen molar-refractivity contribution in [2.24, 2.45) is 28.5 Å². The van der Waals surface area contributed by atoms with Gasteiger partial charge in [-0.15, -0.1) is 0 Å². The molecule has 0 aliphatic rings. The Kier molecular flexibility index (Phi) is 32.1. The molecule has 3 rings (SSSR count). The van der Waals surface area contributed by atoms with Gasteiger partial charge in [0.15, 0.2) is 0 Å². The molecule has 0 fully saturated rings. The normalized spacial score (nSPS) is 10.5. The van der Waals surface area contributed by atoms with Crippen LogP contribution in [0.25, 0.3) is 22.7 Å².